The lowest BCUT2D eigenvalue weighted by Gasteiger charge is -2.31. The van der Waals surface area contributed by atoms with Gasteiger partial charge < -0.3 is 9.47 Å². The van der Waals surface area contributed by atoms with Crippen molar-refractivity contribution in [3.05, 3.63) is 17.0 Å². The number of fused-ring (bicyclic) bond motifs is 2. The fourth-order valence-corrected chi connectivity index (χ4v) is 8.51. The Morgan fingerprint density at radius 3 is 1.69 bits per heavy atom. The molecule has 6 heteroatoms. The Labute approximate surface area is 227 Å². The first-order chi connectivity index (χ1) is 17.0. The van der Waals surface area contributed by atoms with Crippen molar-refractivity contribution in [1.82, 2.24) is 0 Å². The molecule has 0 bridgehead atoms. The first-order valence-corrected chi connectivity index (χ1v) is 18.8. The van der Waals surface area contributed by atoms with Gasteiger partial charge >= 0.3 is 0 Å². The SMILES string of the molecule is CCCCC(CC)COc1c2cc(S(C)(C)(C)=N)sc2c(OCC(CC)CCCC)c2cc(C)sc12. The van der Waals surface area contributed by atoms with Gasteiger partial charge in [0.15, 0.2) is 0 Å². The van der Waals surface area contributed by atoms with E-state index in [1.54, 1.807) is 11.3 Å². The Bertz CT molecular complexity index is 1130. The van der Waals surface area contributed by atoms with Crippen molar-refractivity contribution in [3.8, 4) is 11.5 Å². The Balaban J connectivity index is 2.13. The van der Waals surface area contributed by atoms with Gasteiger partial charge in [-0.15, -0.1) is 22.7 Å². The molecule has 2 atom stereocenters. The van der Waals surface area contributed by atoms with E-state index < -0.39 is 8.96 Å². The Morgan fingerprint density at radius 1 is 0.778 bits per heavy atom. The lowest BCUT2D eigenvalue weighted by Crippen LogP contribution is -2.23. The van der Waals surface area contributed by atoms with Gasteiger partial charge in [-0.3, -0.25) is 4.78 Å². The van der Waals surface area contributed by atoms with Crippen LogP contribution in [-0.2, 0) is 8.96 Å². The number of unbranched alkanes of at least 4 members (excludes halogenated alkanes) is 2. The molecule has 2 aromatic heterocycles. The molecular weight excluding hydrogens is 503 g/mol. The maximum absolute atomic E-state index is 9.17. The molecule has 0 aliphatic carbocycles. The van der Waals surface area contributed by atoms with E-state index in [0.717, 1.165) is 51.8 Å². The van der Waals surface area contributed by atoms with Gasteiger partial charge in [0.1, 0.15) is 11.5 Å². The maximum atomic E-state index is 9.17. The van der Waals surface area contributed by atoms with Crippen LogP contribution in [0.25, 0.3) is 20.2 Å². The van der Waals surface area contributed by atoms with E-state index in [2.05, 4.69) is 65.5 Å². The molecular formula is C30H49NO2S3. The lowest BCUT2D eigenvalue weighted by atomic mass is 10.0. The minimum Gasteiger partial charge on any atom is -0.491 e. The number of nitrogens with one attached hydrogen (secondary N) is 1. The number of rotatable bonds is 15. The normalized spacial score (nSPS) is 15.2. The number of benzene rings is 1. The van der Waals surface area contributed by atoms with Gasteiger partial charge in [0.25, 0.3) is 0 Å². The van der Waals surface area contributed by atoms with E-state index >= 15 is 0 Å². The highest BCUT2D eigenvalue weighted by Gasteiger charge is 2.27. The highest BCUT2D eigenvalue weighted by Crippen LogP contribution is 2.52. The fraction of sp³-hybridized carbons (Fsp3) is 0.667. The largest absolute Gasteiger partial charge is 0.491 e. The van der Waals surface area contributed by atoms with Crippen LogP contribution in [0.5, 0.6) is 11.5 Å². The second-order valence-corrected chi connectivity index (χ2v) is 19.7. The van der Waals surface area contributed by atoms with Crippen molar-refractivity contribution in [1.29, 1.82) is 4.78 Å². The van der Waals surface area contributed by atoms with Crippen molar-refractivity contribution in [2.24, 2.45) is 11.8 Å². The summed E-state index contributed by atoms with van der Waals surface area (Å²) in [6.45, 7) is 12.8. The van der Waals surface area contributed by atoms with Crippen LogP contribution < -0.4 is 9.47 Å². The zero-order chi connectivity index (χ0) is 26.5. The molecule has 0 spiro atoms. The average Bonchev–Trinajstić information content (AvgIpc) is 3.43. The zero-order valence-corrected chi connectivity index (χ0v) is 26.4. The zero-order valence-electron chi connectivity index (χ0n) is 23.9. The van der Waals surface area contributed by atoms with Gasteiger partial charge in [-0.05, 0) is 62.5 Å². The van der Waals surface area contributed by atoms with Crippen molar-refractivity contribution in [2.45, 2.75) is 90.2 Å². The summed E-state index contributed by atoms with van der Waals surface area (Å²) in [7, 11) is -2.41. The molecule has 2 heterocycles. The Morgan fingerprint density at radius 2 is 1.25 bits per heavy atom. The monoisotopic (exact) mass is 551 g/mol. The van der Waals surface area contributed by atoms with Crippen LogP contribution >= 0.6 is 22.7 Å². The van der Waals surface area contributed by atoms with E-state index in [1.165, 1.54) is 53.5 Å². The Kier molecular flexibility index (Phi) is 9.95. The molecule has 0 radical (unpaired) electrons. The van der Waals surface area contributed by atoms with Crippen molar-refractivity contribution >= 4 is 51.8 Å². The van der Waals surface area contributed by atoms with Crippen LogP contribution in [-0.4, -0.2) is 32.0 Å². The molecule has 0 aliphatic rings. The third-order valence-electron chi connectivity index (χ3n) is 7.18. The minimum atomic E-state index is -2.41. The first kappa shape index (κ1) is 29.4. The summed E-state index contributed by atoms with van der Waals surface area (Å²) >= 11 is 3.58. The Hall–Kier alpha value is -1.11. The van der Waals surface area contributed by atoms with Crippen LogP contribution in [0.15, 0.2) is 16.3 Å². The van der Waals surface area contributed by atoms with Crippen LogP contribution in [0.4, 0.5) is 0 Å². The van der Waals surface area contributed by atoms with Crippen molar-refractivity contribution < 1.29 is 9.47 Å². The van der Waals surface area contributed by atoms with E-state index in [1.807, 2.05) is 11.3 Å². The summed E-state index contributed by atoms with van der Waals surface area (Å²) in [5, 5.41) is 2.33. The standard InChI is InChI=1S/C30H49NO2S3/c1-9-13-15-22(11-3)19-32-27-24-17-21(5)34-29(24)28(33-20-23(12-4)16-14-10-2)25-18-26(35-30(25)27)36(6,7,8)31/h17-18,22-23,31H,9-16,19-20H2,1-8H3. The average molecular weight is 552 g/mol. The number of aryl methyl sites for hydroxylation is 1. The minimum absolute atomic E-state index is 0.575. The molecule has 0 amide bonds. The summed E-state index contributed by atoms with van der Waals surface area (Å²) in [5.41, 5.74) is 0. The van der Waals surface area contributed by atoms with Gasteiger partial charge in [0.05, 0.1) is 26.8 Å². The molecule has 0 aliphatic heterocycles. The van der Waals surface area contributed by atoms with Crippen LogP contribution in [0.2, 0.25) is 0 Å². The van der Waals surface area contributed by atoms with E-state index in [-0.39, 0.29) is 0 Å². The number of hydrogen-bond acceptors (Lipinski definition) is 5. The number of ether oxygens (including phenoxy) is 2. The molecule has 0 fully saturated rings. The molecule has 0 saturated carbocycles. The first-order valence-electron chi connectivity index (χ1n) is 13.9. The van der Waals surface area contributed by atoms with Crippen molar-refractivity contribution in [3.63, 3.8) is 0 Å². The predicted octanol–water partition coefficient (Wildman–Crippen LogP) is 10.3. The third kappa shape index (κ3) is 7.05. The van der Waals surface area contributed by atoms with Crippen LogP contribution in [0.1, 0.15) is 83.9 Å². The van der Waals surface area contributed by atoms with Gasteiger partial charge in [0, 0.05) is 15.6 Å². The molecule has 36 heavy (non-hydrogen) atoms. The quantitative estimate of drug-likeness (QED) is 0.204. The number of hydrogen-bond donors (Lipinski definition) is 1. The predicted molar refractivity (Wildman–Crippen MR) is 166 cm³/mol. The van der Waals surface area contributed by atoms with Gasteiger partial charge in [-0.2, -0.15) is 8.96 Å². The molecule has 3 rings (SSSR count). The van der Waals surface area contributed by atoms with Crippen LogP contribution in [0, 0.1) is 23.5 Å². The second kappa shape index (κ2) is 12.2. The smallest absolute Gasteiger partial charge is 0.146 e. The summed E-state index contributed by atoms with van der Waals surface area (Å²) in [5.74, 6) is 3.17. The molecule has 0 saturated heterocycles. The van der Waals surface area contributed by atoms with E-state index in [4.69, 9.17) is 9.47 Å². The molecule has 3 aromatic rings. The van der Waals surface area contributed by atoms with Crippen LogP contribution in [0.3, 0.4) is 0 Å². The highest BCUT2D eigenvalue weighted by molar-refractivity contribution is 8.20. The van der Waals surface area contributed by atoms with Gasteiger partial charge in [0.2, 0.25) is 0 Å². The third-order valence-corrected chi connectivity index (χ3v) is 12.7. The summed E-state index contributed by atoms with van der Waals surface area (Å²) in [6.07, 6.45) is 16.0. The second-order valence-electron chi connectivity index (χ2n) is 11.6. The van der Waals surface area contributed by atoms with E-state index in [0.29, 0.717) is 11.8 Å². The summed E-state index contributed by atoms with van der Waals surface area (Å²) in [4.78, 5) is 1.29. The summed E-state index contributed by atoms with van der Waals surface area (Å²) in [6, 6.07) is 4.54. The van der Waals surface area contributed by atoms with E-state index in [9.17, 15) is 4.78 Å². The van der Waals surface area contributed by atoms with Gasteiger partial charge in [-0.25, -0.2) is 0 Å². The fourth-order valence-electron chi connectivity index (χ4n) is 4.64. The molecule has 1 N–H and O–H groups in total. The summed E-state index contributed by atoms with van der Waals surface area (Å²) < 4.78 is 26.1. The molecule has 2 unspecified atom stereocenters. The molecule has 204 valence electrons. The van der Waals surface area contributed by atoms with Crippen molar-refractivity contribution in [2.75, 3.05) is 32.0 Å². The van der Waals surface area contributed by atoms with Gasteiger partial charge in [-0.1, -0.05) is 66.2 Å². The number of thiophene rings is 2. The maximum Gasteiger partial charge on any atom is 0.146 e. The highest BCUT2D eigenvalue weighted by atomic mass is 32.3. The topological polar surface area (TPSA) is 42.3 Å². The molecule has 1 aromatic carbocycles. The molecule has 3 nitrogen and oxygen atoms in total. The lowest BCUT2D eigenvalue weighted by molar-refractivity contribution is 0.235.